The number of urea groups is 1. The number of aliphatic hydroxyl groups is 1. The monoisotopic (exact) mass is 425 g/mol. The average molecular weight is 425 g/mol. The van der Waals surface area contributed by atoms with E-state index in [0.717, 1.165) is 4.90 Å². The van der Waals surface area contributed by atoms with Crippen molar-refractivity contribution in [3.05, 3.63) is 39.9 Å². The van der Waals surface area contributed by atoms with Crippen LogP contribution in [-0.4, -0.2) is 69.8 Å². The van der Waals surface area contributed by atoms with E-state index in [4.69, 9.17) is 4.74 Å². The van der Waals surface area contributed by atoms with Crippen LogP contribution in [0.2, 0.25) is 0 Å². The van der Waals surface area contributed by atoms with Gasteiger partial charge in [0.25, 0.3) is 5.69 Å². The summed E-state index contributed by atoms with van der Waals surface area (Å²) in [6.07, 6.45) is -1.66. The van der Waals surface area contributed by atoms with Gasteiger partial charge in [-0.1, -0.05) is 26.0 Å². The van der Waals surface area contributed by atoms with Crippen molar-refractivity contribution in [3.8, 4) is 0 Å². The number of hydrogen-bond donors (Lipinski definition) is 3. The Bertz CT molecular complexity index is 751. The van der Waals surface area contributed by atoms with Crippen molar-refractivity contribution in [2.24, 2.45) is 5.92 Å². The number of non-ortho nitro benzene ring substituents is 1. The number of aliphatic hydroxyl groups excluding tert-OH is 1. The van der Waals surface area contributed by atoms with E-state index in [2.05, 4.69) is 5.32 Å². The first-order valence-electron chi connectivity index (χ1n) is 9.41. The number of amides is 2. The number of aliphatic carboxylic acids is 1. The highest BCUT2D eigenvalue weighted by Crippen LogP contribution is 2.14. The van der Waals surface area contributed by atoms with E-state index in [9.17, 15) is 34.7 Å². The van der Waals surface area contributed by atoms with Gasteiger partial charge in [0.2, 0.25) is 0 Å². The normalized spacial score (nSPS) is 12.7. The molecule has 0 fully saturated rings. The predicted octanol–water partition coefficient (Wildman–Crippen LogP) is 1.18. The number of esters is 1. The van der Waals surface area contributed by atoms with E-state index in [1.165, 1.54) is 24.3 Å². The van der Waals surface area contributed by atoms with Crippen molar-refractivity contribution in [2.45, 2.75) is 39.3 Å². The molecule has 11 nitrogen and oxygen atoms in total. The lowest BCUT2D eigenvalue weighted by molar-refractivity contribution is -0.384. The fraction of sp³-hybridized carbons (Fsp3) is 0.526. The molecule has 0 spiro atoms. The second-order valence-electron chi connectivity index (χ2n) is 7.03. The van der Waals surface area contributed by atoms with Crippen molar-refractivity contribution in [1.29, 1.82) is 0 Å². The van der Waals surface area contributed by atoms with Gasteiger partial charge in [0.1, 0.15) is 6.04 Å². The number of ether oxygens (including phenoxy) is 1. The van der Waals surface area contributed by atoms with Gasteiger partial charge in [0, 0.05) is 25.1 Å². The standard InChI is InChI=1S/C19H27N3O8/c1-4-30-18(26)16(23)11-21(10-12(2)3)19(27)20-15(17(24)25)9-13-5-7-14(8-6-13)22(28)29/h5-8,12,15-16,23H,4,9-11H2,1-3H3,(H,20,27)(H,24,25)/t15-,16?/m0/s1. The van der Waals surface area contributed by atoms with Gasteiger partial charge in [0.15, 0.2) is 6.10 Å². The highest BCUT2D eigenvalue weighted by Gasteiger charge is 2.28. The van der Waals surface area contributed by atoms with Crippen LogP contribution in [0, 0.1) is 16.0 Å². The molecule has 30 heavy (non-hydrogen) atoms. The Hall–Kier alpha value is -3.21. The molecule has 2 amide bonds. The van der Waals surface area contributed by atoms with Gasteiger partial charge in [-0.2, -0.15) is 0 Å². The number of benzene rings is 1. The second kappa shape index (κ2) is 11.7. The Morgan fingerprint density at radius 1 is 1.20 bits per heavy atom. The zero-order valence-corrected chi connectivity index (χ0v) is 17.1. The van der Waals surface area contributed by atoms with E-state index < -0.39 is 35.0 Å². The van der Waals surface area contributed by atoms with Gasteiger partial charge in [-0.25, -0.2) is 14.4 Å². The molecule has 1 aromatic carbocycles. The summed E-state index contributed by atoms with van der Waals surface area (Å²) in [5.41, 5.74) is 0.348. The van der Waals surface area contributed by atoms with Crippen LogP contribution in [0.15, 0.2) is 24.3 Å². The SMILES string of the molecule is CCOC(=O)C(O)CN(CC(C)C)C(=O)N[C@@H](Cc1ccc([N+](=O)[O-])cc1)C(=O)O. The molecular formula is C19H27N3O8. The van der Waals surface area contributed by atoms with Crippen molar-refractivity contribution in [2.75, 3.05) is 19.7 Å². The van der Waals surface area contributed by atoms with Crippen LogP contribution in [0.3, 0.4) is 0 Å². The Morgan fingerprint density at radius 2 is 1.80 bits per heavy atom. The van der Waals surface area contributed by atoms with Gasteiger partial charge < -0.3 is 25.2 Å². The molecule has 0 saturated heterocycles. The fourth-order valence-corrected chi connectivity index (χ4v) is 2.63. The number of nitrogens with one attached hydrogen (secondary N) is 1. The molecule has 1 aromatic rings. The van der Waals surface area contributed by atoms with Gasteiger partial charge in [-0.15, -0.1) is 0 Å². The quantitative estimate of drug-likeness (QED) is 0.271. The highest BCUT2D eigenvalue weighted by atomic mass is 16.6. The molecule has 1 unspecified atom stereocenters. The number of rotatable bonds is 11. The van der Waals surface area contributed by atoms with Crippen LogP contribution >= 0.6 is 0 Å². The van der Waals surface area contributed by atoms with Gasteiger partial charge in [-0.05, 0) is 18.4 Å². The first kappa shape index (κ1) is 24.8. The Labute approximate surface area is 173 Å². The molecule has 166 valence electrons. The summed E-state index contributed by atoms with van der Waals surface area (Å²) < 4.78 is 4.72. The average Bonchev–Trinajstić information content (AvgIpc) is 2.66. The van der Waals surface area contributed by atoms with Crippen LogP contribution in [0.25, 0.3) is 0 Å². The minimum absolute atomic E-state index is 0.0110. The van der Waals surface area contributed by atoms with Gasteiger partial charge in [-0.3, -0.25) is 10.1 Å². The van der Waals surface area contributed by atoms with E-state index >= 15 is 0 Å². The molecule has 0 radical (unpaired) electrons. The van der Waals surface area contributed by atoms with Gasteiger partial charge >= 0.3 is 18.0 Å². The number of hydrogen-bond acceptors (Lipinski definition) is 7. The third-order valence-corrected chi connectivity index (χ3v) is 4.01. The summed E-state index contributed by atoms with van der Waals surface area (Å²) in [6.45, 7) is 5.12. The van der Waals surface area contributed by atoms with Gasteiger partial charge in [0.05, 0.1) is 18.1 Å². The zero-order valence-electron chi connectivity index (χ0n) is 17.1. The number of nitro benzene ring substituents is 1. The van der Waals surface area contributed by atoms with Crippen LogP contribution in [0.4, 0.5) is 10.5 Å². The Balaban J connectivity index is 2.88. The molecular weight excluding hydrogens is 398 g/mol. The molecule has 0 aromatic heterocycles. The summed E-state index contributed by atoms with van der Waals surface area (Å²) in [4.78, 5) is 47.2. The minimum Gasteiger partial charge on any atom is -0.480 e. The molecule has 0 saturated carbocycles. The van der Waals surface area contributed by atoms with E-state index in [1.54, 1.807) is 6.92 Å². The summed E-state index contributed by atoms with van der Waals surface area (Å²) >= 11 is 0. The summed E-state index contributed by atoms with van der Waals surface area (Å²) in [6, 6.07) is 3.25. The molecule has 11 heteroatoms. The molecule has 0 aliphatic rings. The predicted molar refractivity (Wildman–Crippen MR) is 106 cm³/mol. The minimum atomic E-state index is -1.56. The van der Waals surface area contributed by atoms with Crippen LogP contribution in [0.1, 0.15) is 26.3 Å². The van der Waals surface area contributed by atoms with Crippen LogP contribution in [0.5, 0.6) is 0 Å². The smallest absolute Gasteiger partial charge is 0.336 e. The Morgan fingerprint density at radius 3 is 2.27 bits per heavy atom. The van der Waals surface area contributed by atoms with Crippen molar-refractivity contribution in [3.63, 3.8) is 0 Å². The van der Waals surface area contributed by atoms with Crippen molar-refractivity contribution in [1.82, 2.24) is 10.2 Å². The largest absolute Gasteiger partial charge is 0.480 e. The second-order valence-corrected chi connectivity index (χ2v) is 7.03. The first-order valence-corrected chi connectivity index (χ1v) is 9.41. The number of carboxylic acids is 1. The zero-order chi connectivity index (χ0) is 22.8. The molecule has 2 atom stereocenters. The number of nitrogens with zero attached hydrogens (tertiary/aromatic N) is 2. The molecule has 0 bridgehead atoms. The topological polar surface area (TPSA) is 159 Å². The molecule has 3 N–H and O–H groups in total. The highest BCUT2D eigenvalue weighted by molar-refractivity contribution is 5.83. The number of nitro groups is 1. The molecule has 0 aliphatic heterocycles. The molecule has 1 rings (SSSR count). The van der Waals surface area contributed by atoms with Crippen molar-refractivity contribution >= 4 is 23.7 Å². The molecule has 0 aliphatic carbocycles. The maximum absolute atomic E-state index is 12.6. The maximum atomic E-state index is 12.6. The lowest BCUT2D eigenvalue weighted by atomic mass is 10.1. The third kappa shape index (κ3) is 8.03. The summed E-state index contributed by atoms with van der Waals surface area (Å²) in [5.74, 6) is -2.18. The summed E-state index contributed by atoms with van der Waals surface area (Å²) in [5, 5.41) is 32.5. The van der Waals surface area contributed by atoms with Crippen LogP contribution in [-0.2, 0) is 20.7 Å². The van der Waals surface area contributed by atoms with Crippen LogP contribution < -0.4 is 5.32 Å². The Kier molecular flexibility index (Phi) is 9.69. The lowest BCUT2D eigenvalue weighted by Crippen LogP contribution is -2.52. The van der Waals surface area contributed by atoms with Crippen molar-refractivity contribution < 1.29 is 34.3 Å². The fourth-order valence-electron chi connectivity index (χ4n) is 2.63. The maximum Gasteiger partial charge on any atom is 0.336 e. The lowest BCUT2D eigenvalue weighted by Gasteiger charge is -2.28. The van der Waals surface area contributed by atoms with E-state index in [0.29, 0.717) is 5.56 Å². The van der Waals surface area contributed by atoms with E-state index in [1.807, 2.05) is 13.8 Å². The summed E-state index contributed by atoms with van der Waals surface area (Å²) in [7, 11) is 0. The number of carbonyl (C=O) groups excluding carboxylic acids is 2. The van der Waals surface area contributed by atoms with E-state index in [-0.39, 0.29) is 37.7 Å². The third-order valence-electron chi connectivity index (χ3n) is 4.01. The molecule has 0 heterocycles. The number of carbonyl (C=O) groups is 3. The first-order chi connectivity index (χ1) is 14.0. The number of carboxylic acid groups (broad SMARTS) is 1.